The van der Waals surface area contributed by atoms with Gasteiger partial charge in [0.25, 0.3) is 0 Å². The highest BCUT2D eigenvalue weighted by atomic mass is 35.5. The Morgan fingerprint density at radius 2 is 1.48 bits per heavy atom. The zero-order chi connectivity index (χ0) is 22.6. The van der Waals surface area contributed by atoms with Crippen molar-refractivity contribution in [2.75, 3.05) is 52.9 Å². The Morgan fingerprint density at radius 3 is 2.18 bits per heavy atom. The van der Waals surface area contributed by atoms with Crippen LogP contribution in [0.3, 0.4) is 0 Å². The molecule has 0 unspecified atom stereocenters. The number of hydrogen-bond acceptors (Lipinski definition) is 4. The lowest BCUT2D eigenvalue weighted by atomic mass is 9.71. The van der Waals surface area contributed by atoms with E-state index in [4.69, 9.17) is 16.3 Å². The number of methoxy groups -OCH3 is 1. The normalized spacial score (nSPS) is 24.7. The molecule has 0 radical (unpaired) electrons. The maximum atomic E-state index is 6.21. The van der Waals surface area contributed by atoms with Gasteiger partial charge in [-0.2, -0.15) is 0 Å². The summed E-state index contributed by atoms with van der Waals surface area (Å²) < 4.78 is 5.52. The summed E-state index contributed by atoms with van der Waals surface area (Å²) in [6.45, 7) is 10.4. The first-order chi connectivity index (χ1) is 16.2. The van der Waals surface area contributed by atoms with Crippen LogP contribution in [-0.4, -0.2) is 67.6 Å². The highest BCUT2D eigenvalue weighted by Crippen LogP contribution is 2.42. The van der Waals surface area contributed by atoms with Crippen LogP contribution in [0.2, 0.25) is 5.02 Å². The number of benzene rings is 2. The molecule has 1 aliphatic carbocycles. The molecule has 5 rings (SSSR count). The monoisotopic (exact) mass is 467 g/mol. The fourth-order valence-corrected chi connectivity index (χ4v) is 6.05. The molecule has 0 atom stereocenters. The number of rotatable bonds is 8. The van der Waals surface area contributed by atoms with E-state index >= 15 is 0 Å². The molecule has 0 spiro atoms. The minimum absolute atomic E-state index is 0.771. The Morgan fingerprint density at radius 1 is 0.818 bits per heavy atom. The van der Waals surface area contributed by atoms with Gasteiger partial charge < -0.3 is 9.64 Å². The number of hydrogen-bond donors (Lipinski definition) is 0. The van der Waals surface area contributed by atoms with E-state index in [-0.39, 0.29) is 0 Å². The standard InChI is InChI=1S/C28H38ClN3O/c1-33-28-9-8-27(29)18-26(28)21-32-14-12-31(13-15-32)20-23-16-25(17-23)24-6-4-22(5-7-24)19-30-10-2-3-11-30/h4-9,18,23,25H,2-3,10-17,19-21H2,1H3/t23-,25-. The zero-order valence-electron chi connectivity index (χ0n) is 20.0. The lowest BCUT2D eigenvalue weighted by Gasteiger charge is -2.42. The van der Waals surface area contributed by atoms with Crippen molar-refractivity contribution >= 4 is 11.6 Å². The summed E-state index contributed by atoms with van der Waals surface area (Å²) in [6.07, 6.45) is 5.44. The van der Waals surface area contributed by atoms with Gasteiger partial charge in [0.1, 0.15) is 5.75 Å². The van der Waals surface area contributed by atoms with Crippen LogP contribution in [0.25, 0.3) is 0 Å². The number of piperazine rings is 1. The van der Waals surface area contributed by atoms with Crippen molar-refractivity contribution in [1.82, 2.24) is 14.7 Å². The summed E-state index contributed by atoms with van der Waals surface area (Å²) in [7, 11) is 1.74. The van der Waals surface area contributed by atoms with Gasteiger partial charge in [-0.05, 0) is 79.9 Å². The van der Waals surface area contributed by atoms with Gasteiger partial charge in [0.05, 0.1) is 7.11 Å². The molecule has 0 amide bonds. The predicted octanol–water partition coefficient (Wildman–Crippen LogP) is 5.26. The van der Waals surface area contributed by atoms with Gasteiger partial charge >= 0.3 is 0 Å². The molecule has 2 aromatic rings. The predicted molar refractivity (Wildman–Crippen MR) is 136 cm³/mol. The minimum Gasteiger partial charge on any atom is -0.496 e. The van der Waals surface area contributed by atoms with Gasteiger partial charge in [0.15, 0.2) is 0 Å². The van der Waals surface area contributed by atoms with Gasteiger partial charge in [0, 0.05) is 56.4 Å². The van der Waals surface area contributed by atoms with Crippen molar-refractivity contribution in [2.45, 2.75) is 44.7 Å². The summed E-state index contributed by atoms with van der Waals surface area (Å²) >= 11 is 6.21. The second-order valence-electron chi connectivity index (χ2n) is 10.3. The molecule has 33 heavy (non-hydrogen) atoms. The molecule has 0 N–H and O–H groups in total. The average Bonchev–Trinajstić information content (AvgIpc) is 3.31. The average molecular weight is 468 g/mol. The Balaban J connectivity index is 1.03. The molecule has 0 bridgehead atoms. The lowest BCUT2D eigenvalue weighted by Crippen LogP contribution is -2.48. The third-order valence-electron chi connectivity index (χ3n) is 7.91. The number of halogens is 1. The molecule has 0 aromatic heterocycles. The van der Waals surface area contributed by atoms with Gasteiger partial charge in [-0.15, -0.1) is 0 Å². The van der Waals surface area contributed by atoms with E-state index in [0.717, 1.165) is 61.9 Å². The second-order valence-corrected chi connectivity index (χ2v) is 10.7. The quantitative estimate of drug-likeness (QED) is 0.527. The van der Waals surface area contributed by atoms with Crippen LogP contribution < -0.4 is 4.74 Å². The van der Waals surface area contributed by atoms with Crippen LogP contribution >= 0.6 is 11.6 Å². The molecule has 4 nitrogen and oxygen atoms in total. The molecule has 2 saturated heterocycles. The fraction of sp³-hybridized carbons (Fsp3) is 0.571. The maximum Gasteiger partial charge on any atom is 0.123 e. The van der Waals surface area contributed by atoms with Crippen LogP contribution in [0.1, 0.15) is 48.3 Å². The SMILES string of the molecule is COc1ccc(Cl)cc1CN1CCN(C[C@H]2C[C@H](c3ccc(CN4CCCC4)cc3)C2)CC1. The first-order valence-corrected chi connectivity index (χ1v) is 13.1. The summed E-state index contributed by atoms with van der Waals surface area (Å²) in [5.74, 6) is 2.57. The van der Waals surface area contributed by atoms with Gasteiger partial charge in [-0.25, -0.2) is 0 Å². The highest BCUT2D eigenvalue weighted by Gasteiger charge is 2.32. The van der Waals surface area contributed by atoms with Gasteiger partial charge in [0.2, 0.25) is 0 Å². The topological polar surface area (TPSA) is 19.0 Å². The van der Waals surface area contributed by atoms with Crippen LogP contribution in [0, 0.1) is 5.92 Å². The third kappa shape index (κ3) is 5.92. The first-order valence-electron chi connectivity index (χ1n) is 12.7. The maximum absolute atomic E-state index is 6.21. The van der Waals surface area contributed by atoms with E-state index in [1.807, 2.05) is 18.2 Å². The van der Waals surface area contributed by atoms with Crippen LogP contribution in [0.15, 0.2) is 42.5 Å². The molecule has 2 heterocycles. The molecule has 178 valence electrons. The Bertz CT molecular complexity index is 898. The molecular formula is C28H38ClN3O. The third-order valence-corrected chi connectivity index (χ3v) is 8.14. The van der Waals surface area contributed by atoms with Crippen LogP contribution in [-0.2, 0) is 13.1 Å². The molecule has 3 fully saturated rings. The molecule has 2 aliphatic heterocycles. The van der Waals surface area contributed by atoms with Crippen molar-refractivity contribution < 1.29 is 4.74 Å². The second kappa shape index (κ2) is 10.8. The van der Waals surface area contributed by atoms with Gasteiger partial charge in [-0.3, -0.25) is 9.80 Å². The Kier molecular flexibility index (Phi) is 7.56. The van der Waals surface area contributed by atoms with E-state index in [1.165, 1.54) is 56.4 Å². The zero-order valence-corrected chi connectivity index (χ0v) is 20.8. The lowest BCUT2D eigenvalue weighted by molar-refractivity contribution is 0.0898. The van der Waals surface area contributed by atoms with Crippen molar-refractivity contribution in [3.8, 4) is 5.75 Å². The van der Waals surface area contributed by atoms with Crippen molar-refractivity contribution in [3.05, 3.63) is 64.2 Å². The van der Waals surface area contributed by atoms with E-state index in [0.29, 0.717) is 0 Å². The van der Waals surface area contributed by atoms with Gasteiger partial charge in [-0.1, -0.05) is 35.9 Å². The van der Waals surface area contributed by atoms with E-state index < -0.39 is 0 Å². The Labute approximate surface area is 204 Å². The summed E-state index contributed by atoms with van der Waals surface area (Å²) in [6, 6.07) is 15.5. The number of nitrogens with zero attached hydrogens (tertiary/aromatic N) is 3. The fourth-order valence-electron chi connectivity index (χ4n) is 5.86. The summed E-state index contributed by atoms with van der Waals surface area (Å²) in [5, 5.41) is 0.783. The Hall–Kier alpha value is -1.59. The van der Waals surface area contributed by atoms with Crippen molar-refractivity contribution in [1.29, 1.82) is 0 Å². The molecule has 5 heteroatoms. The minimum atomic E-state index is 0.771. The first kappa shape index (κ1) is 23.2. The highest BCUT2D eigenvalue weighted by molar-refractivity contribution is 6.30. The van der Waals surface area contributed by atoms with E-state index in [1.54, 1.807) is 12.7 Å². The smallest absolute Gasteiger partial charge is 0.123 e. The molecule has 2 aromatic carbocycles. The number of ether oxygens (including phenoxy) is 1. The largest absolute Gasteiger partial charge is 0.496 e. The van der Waals surface area contributed by atoms with Crippen LogP contribution in [0.5, 0.6) is 5.75 Å². The van der Waals surface area contributed by atoms with Crippen molar-refractivity contribution in [2.24, 2.45) is 5.92 Å². The van der Waals surface area contributed by atoms with E-state index in [9.17, 15) is 0 Å². The number of likely N-dealkylation sites (tertiary alicyclic amines) is 1. The molecular weight excluding hydrogens is 430 g/mol. The summed E-state index contributed by atoms with van der Waals surface area (Å²) in [4.78, 5) is 7.78. The molecule has 3 aliphatic rings. The summed E-state index contributed by atoms with van der Waals surface area (Å²) in [5.41, 5.74) is 4.22. The van der Waals surface area contributed by atoms with E-state index in [2.05, 4.69) is 39.0 Å². The molecule has 1 saturated carbocycles. The van der Waals surface area contributed by atoms with Crippen molar-refractivity contribution in [3.63, 3.8) is 0 Å². The van der Waals surface area contributed by atoms with Crippen LogP contribution in [0.4, 0.5) is 0 Å².